The number of benzene rings is 1. The van der Waals surface area contributed by atoms with Crippen LogP contribution in [0.2, 0.25) is 0 Å². The molecule has 1 saturated carbocycles. The lowest BCUT2D eigenvalue weighted by Crippen LogP contribution is -2.17. The van der Waals surface area contributed by atoms with Gasteiger partial charge in [0.1, 0.15) is 11.5 Å². The summed E-state index contributed by atoms with van der Waals surface area (Å²) in [6, 6.07) is 11.6. The van der Waals surface area contributed by atoms with E-state index in [0.29, 0.717) is 29.6 Å². The Morgan fingerprint density at radius 2 is 1.91 bits per heavy atom. The molecule has 0 bridgehead atoms. The van der Waals surface area contributed by atoms with Crippen molar-refractivity contribution in [1.29, 1.82) is 0 Å². The van der Waals surface area contributed by atoms with E-state index in [0.717, 1.165) is 18.4 Å². The van der Waals surface area contributed by atoms with Crippen molar-refractivity contribution in [3.05, 3.63) is 63.7 Å². The first kappa shape index (κ1) is 14.9. The fourth-order valence-electron chi connectivity index (χ4n) is 3.09. The molecule has 22 heavy (non-hydrogen) atoms. The van der Waals surface area contributed by atoms with Gasteiger partial charge in [-0.3, -0.25) is 0 Å². The molecule has 1 aromatic carbocycles. The van der Waals surface area contributed by atoms with Crippen LogP contribution in [0.3, 0.4) is 0 Å². The van der Waals surface area contributed by atoms with Crippen molar-refractivity contribution in [3.8, 4) is 5.75 Å². The van der Waals surface area contributed by atoms with Crippen molar-refractivity contribution in [3.63, 3.8) is 0 Å². The van der Waals surface area contributed by atoms with Gasteiger partial charge in [-0.25, -0.2) is 4.79 Å². The van der Waals surface area contributed by atoms with E-state index in [2.05, 4.69) is 13.8 Å². The average molecular weight is 298 g/mol. The normalized spacial score (nSPS) is 16.0. The molecule has 116 valence electrons. The van der Waals surface area contributed by atoms with Gasteiger partial charge >= 0.3 is 5.63 Å². The Bertz CT molecular complexity index is 696. The third-order valence-corrected chi connectivity index (χ3v) is 4.19. The SMILES string of the molecule is CC(C)Cc1cc(O)c(C(c2ccccc2)C2CC2)c(=O)o1. The Labute approximate surface area is 130 Å². The number of rotatable bonds is 5. The highest BCUT2D eigenvalue weighted by Gasteiger charge is 2.37. The van der Waals surface area contributed by atoms with E-state index in [1.54, 1.807) is 6.07 Å². The van der Waals surface area contributed by atoms with E-state index in [1.807, 2.05) is 30.3 Å². The van der Waals surface area contributed by atoms with Gasteiger partial charge in [-0.15, -0.1) is 0 Å². The molecule has 1 aliphatic carbocycles. The molecule has 1 N–H and O–H groups in total. The summed E-state index contributed by atoms with van der Waals surface area (Å²) in [5, 5.41) is 10.4. The number of hydrogen-bond acceptors (Lipinski definition) is 3. The van der Waals surface area contributed by atoms with Crippen LogP contribution < -0.4 is 5.63 Å². The summed E-state index contributed by atoms with van der Waals surface area (Å²) in [6.45, 7) is 4.11. The topological polar surface area (TPSA) is 50.4 Å². The quantitative estimate of drug-likeness (QED) is 0.904. The maximum Gasteiger partial charge on any atom is 0.343 e. The van der Waals surface area contributed by atoms with Gasteiger partial charge in [0, 0.05) is 18.4 Å². The molecule has 1 aromatic heterocycles. The van der Waals surface area contributed by atoms with Gasteiger partial charge in [0.05, 0.1) is 5.56 Å². The van der Waals surface area contributed by atoms with Gasteiger partial charge in [0.15, 0.2) is 0 Å². The first-order valence-electron chi connectivity index (χ1n) is 7.97. The molecular formula is C19H22O3. The Hall–Kier alpha value is -2.03. The standard InChI is InChI=1S/C19H22O3/c1-12(2)10-15-11-16(20)18(19(21)22-15)17(14-8-9-14)13-6-4-3-5-7-13/h3-7,11-12,14,17,20H,8-10H2,1-2H3. The van der Waals surface area contributed by atoms with Crippen LogP contribution in [0, 0.1) is 11.8 Å². The molecule has 1 unspecified atom stereocenters. The zero-order chi connectivity index (χ0) is 15.7. The molecule has 1 aliphatic rings. The minimum Gasteiger partial charge on any atom is -0.507 e. The van der Waals surface area contributed by atoms with E-state index >= 15 is 0 Å². The Morgan fingerprint density at radius 3 is 2.45 bits per heavy atom. The zero-order valence-corrected chi connectivity index (χ0v) is 13.1. The summed E-state index contributed by atoms with van der Waals surface area (Å²) >= 11 is 0. The average Bonchev–Trinajstić information content (AvgIpc) is 3.27. The second-order valence-electron chi connectivity index (χ2n) is 6.62. The summed E-state index contributed by atoms with van der Waals surface area (Å²) in [6.07, 6.45) is 2.83. The van der Waals surface area contributed by atoms with Gasteiger partial charge in [-0.05, 0) is 30.2 Å². The molecular weight excluding hydrogens is 276 g/mol. The van der Waals surface area contributed by atoms with E-state index in [1.165, 1.54) is 0 Å². The molecule has 0 amide bonds. The fourth-order valence-corrected chi connectivity index (χ4v) is 3.09. The third-order valence-electron chi connectivity index (χ3n) is 4.19. The summed E-state index contributed by atoms with van der Waals surface area (Å²) in [5.74, 6) is 1.37. The van der Waals surface area contributed by atoms with Crippen molar-refractivity contribution in [2.24, 2.45) is 11.8 Å². The largest absolute Gasteiger partial charge is 0.507 e. The highest BCUT2D eigenvalue weighted by molar-refractivity contribution is 5.41. The van der Waals surface area contributed by atoms with Crippen LogP contribution in [-0.2, 0) is 6.42 Å². The summed E-state index contributed by atoms with van der Waals surface area (Å²) in [5.41, 5.74) is 1.10. The summed E-state index contributed by atoms with van der Waals surface area (Å²) in [4.78, 5) is 12.5. The lowest BCUT2D eigenvalue weighted by Gasteiger charge is -2.17. The van der Waals surface area contributed by atoms with Gasteiger partial charge in [-0.2, -0.15) is 0 Å². The van der Waals surface area contributed by atoms with Crippen LogP contribution >= 0.6 is 0 Å². The lowest BCUT2D eigenvalue weighted by atomic mass is 9.87. The van der Waals surface area contributed by atoms with Crippen molar-refractivity contribution in [2.75, 3.05) is 0 Å². The Morgan fingerprint density at radius 1 is 1.23 bits per heavy atom. The maximum atomic E-state index is 12.5. The highest BCUT2D eigenvalue weighted by atomic mass is 16.4. The predicted molar refractivity (Wildman–Crippen MR) is 86.2 cm³/mol. The van der Waals surface area contributed by atoms with Gasteiger partial charge in [0.2, 0.25) is 0 Å². The fraction of sp³-hybridized carbons (Fsp3) is 0.421. The van der Waals surface area contributed by atoms with Crippen molar-refractivity contribution in [2.45, 2.75) is 39.0 Å². The molecule has 0 aliphatic heterocycles. The van der Waals surface area contributed by atoms with Gasteiger partial charge < -0.3 is 9.52 Å². The first-order valence-corrected chi connectivity index (χ1v) is 7.97. The van der Waals surface area contributed by atoms with Gasteiger partial charge in [0.25, 0.3) is 0 Å². The van der Waals surface area contributed by atoms with Crippen molar-refractivity contribution >= 4 is 0 Å². The predicted octanol–water partition coefficient (Wildman–Crippen LogP) is 4.09. The number of aromatic hydroxyl groups is 1. The van der Waals surface area contributed by atoms with Crippen LogP contribution in [0.5, 0.6) is 5.75 Å². The zero-order valence-electron chi connectivity index (χ0n) is 13.1. The second kappa shape index (κ2) is 5.99. The monoisotopic (exact) mass is 298 g/mol. The van der Waals surface area contributed by atoms with E-state index in [4.69, 9.17) is 4.42 Å². The molecule has 0 saturated heterocycles. The maximum absolute atomic E-state index is 12.5. The molecule has 1 heterocycles. The van der Waals surface area contributed by atoms with Crippen LogP contribution in [0.15, 0.2) is 45.6 Å². The van der Waals surface area contributed by atoms with E-state index < -0.39 is 5.63 Å². The summed E-state index contributed by atoms with van der Waals surface area (Å²) < 4.78 is 5.46. The highest BCUT2D eigenvalue weighted by Crippen LogP contribution is 2.47. The van der Waals surface area contributed by atoms with Crippen LogP contribution in [0.4, 0.5) is 0 Å². The summed E-state index contributed by atoms with van der Waals surface area (Å²) in [7, 11) is 0. The van der Waals surface area contributed by atoms with E-state index in [-0.39, 0.29) is 11.7 Å². The van der Waals surface area contributed by atoms with Crippen LogP contribution in [0.25, 0.3) is 0 Å². The molecule has 0 radical (unpaired) electrons. The van der Waals surface area contributed by atoms with Crippen LogP contribution in [-0.4, -0.2) is 5.11 Å². The smallest absolute Gasteiger partial charge is 0.343 e. The minimum absolute atomic E-state index is 0.0643. The molecule has 3 heteroatoms. The molecule has 2 aromatic rings. The van der Waals surface area contributed by atoms with Gasteiger partial charge in [-0.1, -0.05) is 44.2 Å². The molecule has 1 fully saturated rings. The molecule has 0 spiro atoms. The molecule has 1 atom stereocenters. The first-order chi connectivity index (χ1) is 10.6. The van der Waals surface area contributed by atoms with Crippen molar-refractivity contribution < 1.29 is 9.52 Å². The minimum atomic E-state index is -0.392. The van der Waals surface area contributed by atoms with Crippen molar-refractivity contribution in [1.82, 2.24) is 0 Å². The second-order valence-corrected chi connectivity index (χ2v) is 6.62. The molecule has 3 rings (SSSR count). The Balaban J connectivity index is 2.04. The Kier molecular flexibility index (Phi) is 4.06. The van der Waals surface area contributed by atoms with E-state index in [9.17, 15) is 9.90 Å². The third kappa shape index (κ3) is 3.08. The number of hydrogen-bond donors (Lipinski definition) is 1. The van der Waals surface area contributed by atoms with Crippen LogP contribution in [0.1, 0.15) is 49.5 Å². The molecule has 3 nitrogen and oxygen atoms in total. The lowest BCUT2D eigenvalue weighted by molar-refractivity contribution is 0.391.